The fourth-order valence-corrected chi connectivity index (χ4v) is 4.14. The van der Waals surface area contributed by atoms with Crippen LogP contribution in [0.2, 0.25) is 0 Å². The van der Waals surface area contributed by atoms with Crippen LogP contribution < -0.4 is 0 Å². The summed E-state index contributed by atoms with van der Waals surface area (Å²) in [5.41, 5.74) is 3.42. The Morgan fingerprint density at radius 3 is 2.46 bits per heavy atom. The maximum atomic E-state index is 12.5. The molecule has 4 rings (SSSR count). The molecule has 1 aromatic carbocycles. The maximum absolute atomic E-state index is 12.5. The Hall–Kier alpha value is -2.47. The van der Waals surface area contributed by atoms with Gasteiger partial charge in [-0.1, -0.05) is 49.4 Å². The van der Waals surface area contributed by atoms with Crippen molar-refractivity contribution >= 4 is 17.5 Å². The van der Waals surface area contributed by atoms with E-state index in [2.05, 4.69) is 50.9 Å². The van der Waals surface area contributed by atoms with Crippen LogP contribution in [-0.4, -0.2) is 31.3 Å². The van der Waals surface area contributed by atoms with E-state index in [0.29, 0.717) is 18.2 Å². The zero-order valence-electron chi connectivity index (χ0n) is 16.0. The summed E-state index contributed by atoms with van der Waals surface area (Å²) in [6.07, 6.45) is 8.50. The summed E-state index contributed by atoms with van der Waals surface area (Å²) in [5, 5.41) is 9.59. The molecule has 0 amide bonds. The van der Waals surface area contributed by atoms with Crippen molar-refractivity contribution in [2.45, 2.75) is 50.2 Å². The molecule has 0 unspecified atom stereocenters. The van der Waals surface area contributed by atoms with Gasteiger partial charge in [-0.05, 0) is 42.5 Å². The van der Waals surface area contributed by atoms with E-state index in [9.17, 15) is 4.79 Å². The number of aromatic nitrogens is 4. The van der Waals surface area contributed by atoms with Gasteiger partial charge in [0.05, 0.1) is 5.75 Å². The molecule has 3 aromatic rings. The first kappa shape index (κ1) is 18.9. The number of carbonyl (C=O) groups is 1. The van der Waals surface area contributed by atoms with Gasteiger partial charge in [0.1, 0.15) is 5.78 Å². The number of ketones is 1. The first-order chi connectivity index (χ1) is 13.7. The Morgan fingerprint density at radius 1 is 1.07 bits per heavy atom. The van der Waals surface area contributed by atoms with E-state index in [1.165, 1.54) is 17.3 Å². The first-order valence-electron chi connectivity index (χ1n) is 9.82. The quantitative estimate of drug-likeness (QED) is 0.501. The van der Waals surface area contributed by atoms with Gasteiger partial charge in [0.2, 0.25) is 0 Å². The third-order valence-electron chi connectivity index (χ3n) is 4.84. The molecule has 0 N–H and O–H groups in total. The van der Waals surface area contributed by atoms with Crippen LogP contribution in [0, 0.1) is 0 Å². The molecule has 0 saturated heterocycles. The summed E-state index contributed by atoms with van der Waals surface area (Å²) in [6.45, 7) is 2.18. The molecule has 0 bridgehead atoms. The monoisotopic (exact) mass is 392 g/mol. The minimum atomic E-state index is 0.212. The molecule has 1 fully saturated rings. The summed E-state index contributed by atoms with van der Waals surface area (Å²) in [4.78, 5) is 16.6. The number of nitrogens with zero attached hydrogens (tertiary/aromatic N) is 4. The molecule has 2 heterocycles. The molecular formula is C22H24N4OS. The van der Waals surface area contributed by atoms with Crippen LogP contribution >= 0.6 is 11.8 Å². The Kier molecular flexibility index (Phi) is 5.86. The van der Waals surface area contributed by atoms with E-state index < -0.39 is 0 Å². The van der Waals surface area contributed by atoms with Gasteiger partial charge in [-0.2, -0.15) is 0 Å². The molecule has 0 atom stereocenters. The summed E-state index contributed by atoms with van der Waals surface area (Å²) in [5.74, 6) is 1.49. The second kappa shape index (κ2) is 8.69. The molecule has 1 aliphatic carbocycles. The van der Waals surface area contributed by atoms with Crippen LogP contribution in [0.4, 0.5) is 0 Å². The molecule has 1 aliphatic rings. The highest BCUT2D eigenvalue weighted by molar-refractivity contribution is 7.99. The van der Waals surface area contributed by atoms with Crippen LogP contribution in [0.25, 0.3) is 11.4 Å². The molecule has 0 radical (unpaired) electrons. The van der Waals surface area contributed by atoms with Crippen molar-refractivity contribution in [1.82, 2.24) is 19.7 Å². The van der Waals surface area contributed by atoms with Crippen LogP contribution in [0.1, 0.15) is 43.4 Å². The smallest absolute Gasteiger partial charge is 0.192 e. The average molecular weight is 393 g/mol. The average Bonchev–Trinajstić information content (AvgIpc) is 3.47. The number of Topliss-reactive ketones (excluding diaryl/α,β-unsaturated/α-hetero) is 1. The Labute approximate surface area is 169 Å². The molecule has 28 heavy (non-hydrogen) atoms. The van der Waals surface area contributed by atoms with E-state index in [-0.39, 0.29) is 5.78 Å². The lowest BCUT2D eigenvalue weighted by atomic mass is 10.0. The zero-order valence-corrected chi connectivity index (χ0v) is 16.9. The van der Waals surface area contributed by atoms with E-state index in [0.717, 1.165) is 47.8 Å². The van der Waals surface area contributed by atoms with Gasteiger partial charge >= 0.3 is 0 Å². The van der Waals surface area contributed by atoms with Crippen LogP contribution in [0.15, 0.2) is 53.9 Å². The zero-order chi connectivity index (χ0) is 19.3. The maximum Gasteiger partial charge on any atom is 0.192 e. The van der Waals surface area contributed by atoms with Crippen molar-refractivity contribution in [3.8, 4) is 11.4 Å². The van der Waals surface area contributed by atoms with Gasteiger partial charge in [0.15, 0.2) is 11.0 Å². The van der Waals surface area contributed by atoms with Gasteiger partial charge in [-0.15, -0.1) is 10.2 Å². The lowest BCUT2D eigenvalue weighted by Crippen LogP contribution is -2.07. The normalized spacial score (nSPS) is 13.6. The fraction of sp³-hybridized carbons (Fsp3) is 0.364. The van der Waals surface area contributed by atoms with E-state index in [1.807, 2.05) is 12.1 Å². The van der Waals surface area contributed by atoms with Crippen molar-refractivity contribution in [2.75, 3.05) is 5.75 Å². The third-order valence-corrected chi connectivity index (χ3v) is 5.84. The SMILES string of the molecule is CCCc1ccc(CC(=O)CSc2nnc(-c3ccncc3)n2C2CC2)cc1. The first-order valence-corrected chi connectivity index (χ1v) is 10.8. The second-order valence-corrected chi connectivity index (χ2v) is 8.16. The molecule has 5 nitrogen and oxygen atoms in total. The molecule has 0 spiro atoms. The number of benzene rings is 1. The Bertz CT molecular complexity index is 933. The number of thioether (sulfide) groups is 1. The van der Waals surface area contributed by atoms with E-state index >= 15 is 0 Å². The highest BCUT2D eigenvalue weighted by Crippen LogP contribution is 2.40. The second-order valence-electron chi connectivity index (χ2n) is 7.21. The van der Waals surface area contributed by atoms with Gasteiger partial charge in [0.25, 0.3) is 0 Å². The standard InChI is InChI=1S/C22H24N4OS/c1-2-3-16-4-6-17(7-5-16)14-20(27)15-28-22-25-24-21(26(22)19-8-9-19)18-10-12-23-13-11-18/h4-7,10-13,19H,2-3,8-9,14-15H2,1H3. The largest absolute Gasteiger partial charge is 0.299 e. The molecule has 2 aromatic heterocycles. The number of hydrogen-bond acceptors (Lipinski definition) is 5. The van der Waals surface area contributed by atoms with Crippen LogP contribution in [0.5, 0.6) is 0 Å². The number of carbonyl (C=O) groups excluding carboxylic acids is 1. The Balaban J connectivity index is 1.41. The van der Waals surface area contributed by atoms with Crippen LogP contribution in [0.3, 0.4) is 0 Å². The summed E-state index contributed by atoms with van der Waals surface area (Å²) >= 11 is 1.49. The van der Waals surface area contributed by atoms with Crippen molar-refractivity contribution in [3.05, 3.63) is 59.9 Å². The van der Waals surface area contributed by atoms with Crippen molar-refractivity contribution in [2.24, 2.45) is 0 Å². The summed E-state index contributed by atoms with van der Waals surface area (Å²) < 4.78 is 2.19. The lowest BCUT2D eigenvalue weighted by Gasteiger charge is -2.08. The molecule has 1 saturated carbocycles. The number of aryl methyl sites for hydroxylation is 1. The lowest BCUT2D eigenvalue weighted by molar-refractivity contribution is -0.116. The highest BCUT2D eigenvalue weighted by atomic mass is 32.2. The number of rotatable bonds is 9. The van der Waals surface area contributed by atoms with E-state index in [4.69, 9.17) is 0 Å². The fourth-order valence-electron chi connectivity index (χ4n) is 3.27. The van der Waals surface area contributed by atoms with Gasteiger partial charge in [-0.3, -0.25) is 14.3 Å². The minimum Gasteiger partial charge on any atom is -0.299 e. The molecule has 6 heteroatoms. The molecular weight excluding hydrogens is 368 g/mol. The topological polar surface area (TPSA) is 60.7 Å². The number of pyridine rings is 1. The Morgan fingerprint density at radius 2 is 1.79 bits per heavy atom. The predicted molar refractivity (Wildman–Crippen MR) is 111 cm³/mol. The van der Waals surface area contributed by atoms with Gasteiger partial charge < -0.3 is 0 Å². The summed E-state index contributed by atoms with van der Waals surface area (Å²) in [7, 11) is 0. The van der Waals surface area contributed by atoms with Crippen molar-refractivity contribution in [1.29, 1.82) is 0 Å². The van der Waals surface area contributed by atoms with Crippen LogP contribution in [-0.2, 0) is 17.6 Å². The molecule has 0 aliphatic heterocycles. The van der Waals surface area contributed by atoms with E-state index in [1.54, 1.807) is 12.4 Å². The third kappa shape index (κ3) is 4.50. The predicted octanol–water partition coefficient (Wildman–Crippen LogP) is 4.53. The number of hydrogen-bond donors (Lipinski definition) is 0. The minimum absolute atomic E-state index is 0.212. The van der Waals surface area contributed by atoms with Gasteiger partial charge in [0, 0.05) is 30.4 Å². The molecule has 144 valence electrons. The summed E-state index contributed by atoms with van der Waals surface area (Å²) in [6, 6.07) is 12.7. The highest BCUT2D eigenvalue weighted by Gasteiger charge is 2.30. The van der Waals surface area contributed by atoms with Crippen molar-refractivity contribution < 1.29 is 4.79 Å². The van der Waals surface area contributed by atoms with Gasteiger partial charge in [-0.25, -0.2) is 0 Å². The van der Waals surface area contributed by atoms with Crippen molar-refractivity contribution in [3.63, 3.8) is 0 Å².